The molecule has 1 fully saturated rings. The highest BCUT2D eigenvalue weighted by Crippen LogP contribution is 2.24. The number of hydrogen-bond donors (Lipinski definition) is 3. The Morgan fingerprint density at radius 1 is 1.32 bits per heavy atom. The van der Waals surface area contributed by atoms with E-state index < -0.39 is 23.1 Å². The highest BCUT2D eigenvalue weighted by atomic mass is 19.1. The summed E-state index contributed by atoms with van der Waals surface area (Å²) in [5.74, 6) is -1.25. The van der Waals surface area contributed by atoms with E-state index in [9.17, 15) is 13.6 Å². The summed E-state index contributed by atoms with van der Waals surface area (Å²) in [6.07, 6.45) is 1.99. The number of rotatable bonds is 4. The van der Waals surface area contributed by atoms with Crippen molar-refractivity contribution in [2.45, 2.75) is 12.0 Å². The van der Waals surface area contributed by atoms with Crippen molar-refractivity contribution < 1.29 is 13.6 Å². The smallest absolute Gasteiger partial charge is 0.254 e. The molecule has 0 spiro atoms. The maximum atomic E-state index is 13.7. The third kappa shape index (κ3) is 3.82. The number of carbonyl (C=O) groups excluding carboxylic acids is 1. The highest BCUT2D eigenvalue weighted by molar-refractivity contribution is 5.94. The van der Waals surface area contributed by atoms with Gasteiger partial charge in [0.25, 0.3) is 5.91 Å². The van der Waals surface area contributed by atoms with Gasteiger partial charge in [-0.05, 0) is 18.6 Å². The van der Waals surface area contributed by atoms with E-state index in [1.165, 1.54) is 6.33 Å². The fraction of sp³-hybridized carbons (Fsp3) is 0.312. The molecule has 1 saturated heterocycles. The Morgan fingerprint density at radius 3 is 2.84 bits per heavy atom. The zero-order valence-electron chi connectivity index (χ0n) is 13.4. The minimum absolute atomic E-state index is 0.152. The van der Waals surface area contributed by atoms with E-state index in [1.54, 1.807) is 6.07 Å². The third-order valence-electron chi connectivity index (χ3n) is 4.16. The Morgan fingerprint density at radius 2 is 2.12 bits per heavy atom. The standard InChI is InChI=1S/C16H18F2N6O/c17-10-1-2-11(12(18)5-10)15(25)21-7-16(20)3-4-24(8-16)14-6-13(19)22-9-23-14/h1-2,5-6,9H,3-4,7-8,20H2,(H,21,25)(H2,19,22,23). The second-order valence-corrected chi connectivity index (χ2v) is 6.14. The summed E-state index contributed by atoms with van der Waals surface area (Å²) in [7, 11) is 0. The SMILES string of the molecule is Nc1cc(N2CCC(N)(CNC(=O)c3ccc(F)cc3F)C2)ncn1. The van der Waals surface area contributed by atoms with Crippen LogP contribution in [0.15, 0.2) is 30.6 Å². The van der Waals surface area contributed by atoms with E-state index in [0.29, 0.717) is 37.2 Å². The van der Waals surface area contributed by atoms with Crippen molar-refractivity contribution in [1.82, 2.24) is 15.3 Å². The monoisotopic (exact) mass is 348 g/mol. The number of amides is 1. The normalized spacial score (nSPS) is 19.9. The molecule has 3 rings (SSSR count). The summed E-state index contributed by atoms with van der Waals surface area (Å²) in [5.41, 5.74) is 11.1. The molecular weight excluding hydrogens is 330 g/mol. The molecule has 132 valence electrons. The first-order valence-corrected chi connectivity index (χ1v) is 7.71. The number of nitrogens with zero attached hydrogens (tertiary/aromatic N) is 3. The van der Waals surface area contributed by atoms with Gasteiger partial charge in [-0.3, -0.25) is 4.79 Å². The second-order valence-electron chi connectivity index (χ2n) is 6.14. The van der Waals surface area contributed by atoms with Crippen LogP contribution in [0.1, 0.15) is 16.8 Å². The van der Waals surface area contributed by atoms with Gasteiger partial charge >= 0.3 is 0 Å². The van der Waals surface area contributed by atoms with Crippen LogP contribution in [-0.4, -0.2) is 41.0 Å². The zero-order valence-corrected chi connectivity index (χ0v) is 13.4. The second kappa shape index (κ2) is 6.60. The van der Waals surface area contributed by atoms with Crippen LogP contribution < -0.4 is 21.7 Å². The van der Waals surface area contributed by atoms with E-state index in [-0.39, 0.29) is 12.1 Å². The van der Waals surface area contributed by atoms with E-state index in [4.69, 9.17) is 11.5 Å². The van der Waals surface area contributed by atoms with Gasteiger partial charge in [0, 0.05) is 31.8 Å². The predicted molar refractivity (Wildman–Crippen MR) is 88.9 cm³/mol. The summed E-state index contributed by atoms with van der Waals surface area (Å²) in [5, 5.41) is 2.61. The van der Waals surface area contributed by atoms with Crippen LogP contribution in [0.4, 0.5) is 20.4 Å². The van der Waals surface area contributed by atoms with Crippen LogP contribution in [0, 0.1) is 11.6 Å². The summed E-state index contributed by atoms with van der Waals surface area (Å²) in [4.78, 5) is 22.0. The Bertz CT molecular complexity index is 802. The lowest BCUT2D eigenvalue weighted by molar-refractivity contribution is 0.0941. The van der Waals surface area contributed by atoms with Crippen molar-refractivity contribution in [3.05, 3.63) is 47.8 Å². The van der Waals surface area contributed by atoms with E-state index in [1.807, 2.05) is 4.90 Å². The lowest BCUT2D eigenvalue weighted by atomic mass is 10.00. The van der Waals surface area contributed by atoms with Crippen molar-refractivity contribution in [2.75, 3.05) is 30.3 Å². The molecular formula is C16H18F2N6O. The van der Waals surface area contributed by atoms with Crippen LogP contribution >= 0.6 is 0 Å². The average Bonchev–Trinajstić information content (AvgIpc) is 2.96. The molecule has 2 heterocycles. The number of anilines is 2. The Kier molecular flexibility index (Phi) is 4.49. The van der Waals surface area contributed by atoms with Gasteiger partial charge in [0.1, 0.15) is 29.6 Å². The average molecular weight is 348 g/mol. The van der Waals surface area contributed by atoms with Gasteiger partial charge in [0.05, 0.1) is 11.1 Å². The molecule has 1 unspecified atom stereocenters. The van der Waals surface area contributed by atoms with E-state index in [2.05, 4.69) is 15.3 Å². The quantitative estimate of drug-likeness (QED) is 0.749. The summed E-state index contributed by atoms with van der Waals surface area (Å²) >= 11 is 0. The molecule has 0 aliphatic carbocycles. The molecule has 5 N–H and O–H groups in total. The molecule has 0 saturated carbocycles. The maximum absolute atomic E-state index is 13.7. The molecule has 1 aromatic carbocycles. The molecule has 1 amide bonds. The Hall–Kier alpha value is -2.81. The minimum Gasteiger partial charge on any atom is -0.384 e. The molecule has 0 radical (unpaired) electrons. The molecule has 9 heteroatoms. The Balaban J connectivity index is 1.62. The lowest BCUT2D eigenvalue weighted by Gasteiger charge is -2.25. The van der Waals surface area contributed by atoms with Crippen molar-refractivity contribution in [3.63, 3.8) is 0 Å². The molecule has 25 heavy (non-hydrogen) atoms. The van der Waals surface area contributed by atoms with Crippen LogP contribution in [-0.2, 0) is 0 Å². The number of nitrogens with one attached hydrogen (secondary N) is 1. The van der Waals surface area contributed by atoms with Crippen LogP contribution in [0.5, 0.6) is 0 Å². The number of halogens is 2. The maximum Gasteiger partial charge on any atom is 0.254 e. The highest BCUT2D eigenvalue weighted by Gasteiger charge is 2.35. The summed E-state index contributed by atoms with van der Waals surface area (Å²) in [6.45, 7) is 1.25. The lowest BCUT2D eigenvalue weighted by Crippen LogP contribution is -2.52. The van der Waals surface area contributed by atoms with Gasteiger partial charge in [-0.2, -0.15) is 0 Å². The first-order chi connectivity index (χ1) is 11.9. The third-order valence-corrected chi connectivity index (χ3v) is 4.16. The first kappa shape index (κ1) is 17.0. The fourth-order valence-electron chi connectivity index (χ4n) is 2.80. The Labute approximate surface area is 143 Å². The molecule has 1 atom stereocenters. The molecule has 1 aromatic heterocycles. The fourth-order valence-corrected chi connectivity index (χ4v) is 2.80. The van der Waals surface area contributed by atoms with Gasteiger partial charge in [-0.1, -0.05) is 0 Å². The number of carbonyl (C=O) groups is 1. The molecule has 7 nitrogen and oxygen atoms in total. The topological polar surface area (TPSA) is 110 Å². The number of aromatic nitrogens is 2. The van der Waals surface area contributed by atoms with Gasteiger partial charge in [0.15, 0.2) is 0 Å². The van der Waals surface area contributed by atoms with E-state index in [0.717, 1.165) is 12.1 Å². The van der Waals surface area contributed by atoms with Gasteiger partial charge in [-0.25, -0.2) is 18.7 Å². The van der Waals surface area contributed by atoms with Crippen LogP contribution in [0.3, 0.4) is 0 Å². The van der Waals surface area contributed by atoms with Gasteiger partial charge in [0.2, 0.25) is 0 Å². The number of benzene rings is 1. The zero-order chi connectivity index (χ0) is 18.0. The largest absolute Gasteiger partial charge is 0.384 e. The van der Waals surface area contributed by atoms with Crippen molar-refractivity contribution in [2.24, 2.45) is 5.73 Å². The molecule has 2 aromatic rings. The van der Waals surface area contributed by atoms with Crippen molar-refractivity contribution >= 4 is 17.5 Å². The molecule has 0 bridgehead atoms. The predicted octanol–water partition coefficient (Wildman–Crippen LogP) is 0.675. The minimum atomic E-state index is -0.909. The number of hydrogen-bond acceptors (Lipinski definition) is 6. The van der Waals surface area contributed by atoms with Crippen molar-refractivity contribution in [3.8, 4) is 0 Å². The van der Waals surface area contributed by atoms with Gasteiger partial charge < -0.3 is 21.7 Å². The van der Waals surface area contributed by atoms with Crippen LogP contribution in [0.2, 0.25) is 0 Å². The number of nitrogens with two attached hydrogens (primary N) is 2. The molecule has 1 aliphatic heterocycles. The molecule has 1 aliphatic rings. The van der Waals surface area contributed by atoms with Crippen molar-refractivity contribution in [1.29, 1.82) is 0 Å². The van der Waals surface area contributed by atoms with Crippen LogP contribution in [0.25, 0.3) is 0 Å². The first-order valence-electron chi connectivity index (χ1n) is 7.71. The van der Waals surface area contributed by atoms with E-state index >= 15 is 0 Å². The van der Waals surface area contributed by atoms with Gasteiger partial charge in [-0.15, -0.1) is 0 Å². The number of nitrogen functional groups attached to an aromatic ring is 1. The summed E-state index contributed by atoms with van der Waals surface area (Å²) < 4.78 is 26.6. The summed E-state index contributed by atoms with van der Waals surface area (Å²) in [6, 6.07) is 4.46.